The van der Waals surface area contributed by atoms with Crippen molar-refractivity contribution in [3.05, 3.63) is 18.1 Å². The molecule has 15 heavy (non-hydrogen) atoms. The fraction of sp³-hybridized carbons (Fsp3) is 0.500. The Morgan fingerprint density at radius 2 is 2.27 bits per heavy atom. The highest BCUT2D eigenvalue weighted by Crippen LogP contribution is 2.13. The highest BCUT2D eigenvalue weighted by Gasteiger charge is 2.28. The quantitative estimate of drug-likeness (QED) is 0.762. The van der Waals surface area contributed by atoms with E-state index in [9.17, 15) is 4.79 Å². The third-order valence-electron chi connectivity index (χ3n) is 2.48. The molecule has 1 amide bonds. The smallest absolute Gasteiger partial charge is 0.219 e. The van der Waals surface area contributed by atoms with Crippen molar-refractivity contribution >= 4 is 11.7 Å². The van der Waals surface area contributed by atoms with Crippen LogP contribution in [0.4, 0.5) is 5.82 Å². The number of nitrogens with one attached hydrogen (secondary N) is 1. The van der Waals surface area contributed by atoms with Crippen molar-refractivity contribution in [3.8, 4) is 0 Å². The lowest BCUT2D eigenvalue weighted by molar-refractivity contribution is -0.132. The van der Waals surface area contributed by atoms with Crippen LogP contribution in [0.25, 0.3) is 0 Å². The van der Waals surface area contributed by atoms with Gasteiger partial charge in [-0.1, -0.05) is 0 Å². The van der Waals surface area contributed by atoms with Crippen LogP contribution in [0.1, 0.15) is 12.6 Å². The molecule has 0 spiro atoms. The average Bonchev–Trinajstić information content (AvgIpc) is 2.10. The van der Waals surface area contributed by atoms with Crippen molar-refractivity contribution in [3.63, 3.8) is 0 Å². The SMILES string of the molecule is CC(=O)N1CC(Nc2cc(C)ncn2)C1. The molecule has 1 aromatic heterocycles. The molecule has 0 aromatic carbocycles. The summed E-state index contributed by atoms with van der Waals surface area (Å²) in [6.45, 7) is 5.04. The molecule has 1 aromatic rings. The molecule has 0 saturated carbocycles. The standard InChI is InChI=1S/C10H14N4O/c1-7-3-10(12-6-11-7)13-9-4-14(5-9)8(2)15/h3,6,9H,4-5H2,1-2H3,(H,11,12,13). The van der Waals surface area contributed by atoms with E-state index < -0.39 is 0 Å². The van der Waals surface area contributed by atoms with Crippen LogP contribution < -0.4 is 5.32 Å². The third-order valence-corrected chi connectivity index (χ3v) is 2.48. The Morgan fingerprint density at radius 3 is 2.87 bits per heavy atom. The van der Waals surface area contributed by atoms with Gasteiger partial charge in [0.15, 0.2) is 0 Å². The molecule has 0 aliphatic carbocycles. The van der Waals surface area contributed by atoms with E-state index in [0.29, 0.717) is 6.04 Å². The van der Waals surface area contributed by atoms with Crippen molar-refractivity contribution in [2.45, 2.75) is 19.9 Å². The predicted octanol–water partition coefficient (Wildman–Crippen LogP) is 0.428. The van der Waals surface area contributed by atoms with Crippen LogP contribution in [0, 0.1) is 6.92 Å². The Labute approximate surface area is 88.5 Å². The van der Waals surface area contributed by atoms with Gasteiger partial charge in [0.25, 0.3) is 0 Å². The molecule has 2 heterocycles. The number of carbonyl (C=O) groups is 1. The number of amides is 1. The lowest BCUT2D eigenvalue weighted by Gasteiger charge is -2.39. The van der Waals surface area contributed by atoms with E-state index in [1.807, 2.05) is 13.0 Å². The Balaban J connectivity index is 1.87. The summed E-state index contributed by atoms with van der Waals surface area (Å²) >= 11 is 0. The maximum atomic E-state index is 11.0. The Kier molecular flexibility index (Phi) is 2.53. The van der Waals surface area contributed by atoms with Crippen molar-refractivity contribution in [2.24, 2.45) is 0 Å². The molecular weight excluding hydrogens is 192 g/mol. The first-order valence-electron chi connectivity index (χ1n) is 4.96. The largest absolute Gasteiger partial charge is 0.364 e. The summed E-state index contributed by atoms with van der Waals surface area (Å²) in [5.41, 5.74) is 0.940. The number of hydrogen-bond acceptors (Lipinski definition) is 4. The summed E-state index contributed by atoms with van der Waals surface area (Å²) in [5, 5.41) is 3.26. The van der Waals surface area contributed by atoms with Gasteiger partial charge in [-0.3, -0.25) is 4.79 Å². The normalized spacial score (nSPS) is 16.0. The van der Waals surface area contributed by atoms with E-state index in [4.69, 9.17) is 0 Å². The van der Waals surface area contributed by atoms with Gasteiger partial charge in [0, 0.05) is 31.8 Å². The molecule has 1 aliphatic heterocycles. The molecule has 0 bridgehead atoms. The number of nitrogens with zero attached hydrogens (tertiary/aromatic N) is 3. The monoisotopic (exact) mass is 206 g/mol. The van der Waals surface area contributed by atoms with E-state index in [1.54, 1.807) is 18.2 Å². The topological polar surface area (TPSA) is 58.1 Å². The summed E-state index contributed by atoms with van der Waals surface area (Å²) in [7, 11) is 0. The molecule has 0 radical (unpaired) electrons. The second kappa shape index (κ2) is 3.84. The average molecular weight is 206 g/mol. The van der Waals surface area contributed by atoms with Crippen LogP contribution in [0.15, 0.2) is 12.4 Å². The molecule has 1 aliphatic rings. The van der Waals surface area contributed by atoms with E-state index in [1.165, 1.54) is 0 Å². The first-order chi connectivity index (χ1) is 7.15. The zero-order valence-electron chi connectivity index (χ0n) is 8.90. The first kappa shape index (κ1) is 9.89. The Bertz CT molecular complexity index is 373. The minimum atomic E-state index is 0.131. The number of anilines is 1. The second-order valence-corrected chi connectivity index (χ2v) is 3.81. The summed E-state index contributed by atoms with van der Waals surface area (Å²) in [6.07, 6.45) is 1.54. The molecule has 5 nitrogen and oxygen atoms in total. The predicted molar refractivity (Wildman–Crippen MR) is 56.4 cm³/mol. The van der Waals surface area contributed by atoms with Crippen molar-refractivity contribution in [1.82, 2.24) is 14.9 Å². The van der Waals surface area contributed by atoms with E-state index >= 15 is 0 Å². The van der Waals surface area contributed by atoms with Gasteiger partial charge in [0.2, 0.25) is 5.91 Å². The molecule has 1 N–H and O–H groups in total. The van der Waals surface area contributed by atoms with Crippen molar-refractivity contribution in [2.75, 3.05) is 18.4 Å². The number of rotatable bonds is 2. The zero-order valence-corrected chi connectivity index (χ0v) is 8.90. The van der Waals surface area contributed by atoms with Crippen LogP contribution in [0.5, 0.6) is 0 Å². The van der Waals surface area contributed by atoms with Gasteiger partial charge in [0.1, 0.15) is 12.1 Å². The van der Waals surface area contributed by atoms with Gasteiger partial charge in [-0.05, 0) is 6.92 Å². The molecule has 1 fully saturated rings. The zero-order chi connectivity index (χ0) is 10.8. The molecule has 1 saturated heterocycles. The van der Waals surface area contributed by atoms with Gasteiger partial charge in [-0.15, -0.1) is 0 Å². The third kappa shape index (κ3) is 2.23. The van der Waals surface area contributed by atoms with Crippen LogP contribution >= 0.6 is 0 Å². The summed E-state index contributed by atoms with van der Waals surface area (Å²) in [5.74, 6) is 0.961. The lowest BCUT2D eigenvalue weighted by Crippen LogP contribution is -2.56. The number of aromatic nitrogens is 2. The number of hydrogen-bond donors (Lipinski definition) is 1. The fourth-order valence-electron chi connectivity index (χ4n) is 1.57. The first-order valence-corrected chi connectivity index (χ1v) is 4.96. The Hall–Kier alpha value is -1.65. The van der Waals surface area contributed by atoms with Gasteiger partial charge in [-0.25, -0.2) is 9.97 Å². The van der Waals surface area contributed by atoms with Crippen LogP contribution in [0.2, 0.25) is 0 Å². The fourth-order valence-corrected chi connectivity index (χ4v) is 1.57. The van der Waals surface area contributed by atoms with E-state index in [-0.39, 0.29) is 5.91 Å². The summed E-state index contributed by atoms with van der Waals surface area (Å²) < 4.78 is 0. The molecular formula is C10H14N4O. The van der Waals surface area contributed by atoms with Crippen molar-refractivity contribution < 1.29 is 4.79 Å². The molecule has 80 valence electrons. The molecule has 0 unspecified atom stereocenters. The second-order valence-electron chi connectivity index (χ2n) is 3.81. The number of aryl methyl sites for hydroxylation is 1. The van der Waals surface area contributed by atoms with Crippen LogP contribution in [0.3, 0.4) is 0 Å². The number of carbonyl (C=O) groups excluding carboxylic acids is 1. The maximum Gasteiger partial charge on any atom is 0.219 e. The molecule has 5 heteroatoms. The van der Waals surface area contributed by atoms with E-state index in [2.05, 4.69) is 15.3 Å². The highest BCUT2D eigenvalue weighted by molar-refractivity contribution is 5.74. The lowest BCUT2D eigenvalue weighted by atomic mass is 10.1. The molecule has 0 atom stereocenters. The van der Waals surface area contributed by atoms with E-state index in [0.717, 1.165) is 24.6 Å². The minimum absolute atomic E-state index is 0.131. The van der Waals surface area contributed by atoms with Gasteiger partial charge < -0.3 is 10.2 Å². The van der Waals surface area contributed by atoms with Crippen LogP contribution in [-0.2, 0) is 4.79 Å². The van der Waals surface area contributed by atoms with Gasteiger partial charge in [0.05, 0.1) is 6.04 Å². The van der Waals surface area contributed by atoms with Crippen LogP contribution in [-0.4, -0.2) is 39.9 Å². The Morgan fingerprint density at radius 1 is 1.53 bits per heavy atom. The number of likely N-dealkylation sites (tertiary alicyclic amines) is 1. The minimum Gasteiger partial charge on any atom is -0.364 e. The molecule has 2 rings (SSSR count). The summed E-state index contributed by atoms with van der Waals surface area (Å²) in [4.78, 5) is 20.9. The van der Waals surface area contributed by atoms with Crippen molar-refractivity contribution in [1.29, 1.82) is 0 Å². The highest BCUT2D eigenvalue weighted by atomic mass is 16.2. The summed E-state index contributed by atoms with van der Waals surface area (Å²) in [6, 6.07) is 2.22. The maximum absolute atomic E-state index is 11.0. The van der Waals surface area contributed by atoms with Gasteiger partial charge in [-0.2, -0.15) is 0 Å². The van der Waals surface area contributed by atoms with Gasteiger partial charge >= 0.3 is 0 Å².